The van der Waals surface area contributed by atoms with Gasteiger partial charge in [0.05, 0.1) is 16.6 Å². The van der Waals surface area contributed by atoms with Gasteiger partial charge in [0.1, 0.15) is 0 Å². The van der Waals surface area contributed by atoms with E-state index in [9.17, 15) is 0 Å². The topological polar surface area (TPSA) is 9.86 Å². The van der Waals surface area contributed by atoms with Crippen molar-refractivity contribution < 1.29 is 0 Å². The summed E-state index contributed by atoms with van der Waals surface area (Å²) in [6, 6.07) is 49.0. The van der Waals surface area contributed by atoms with Crippen LogP contribution in [0.25, 0.3) is 81.5 Å². The highest BCUT2D eigenvalue weighted by Crippen LogP contribution is 2.44. The zero-order chi connectivity index (χ0) is 29.5. The minimum atomic E-state index is 1.05. The average molecular weight is 593 g/mol. The van der Waals surface area contributed by atoms with E-state index in [-0.39, 0.29) is 0 Å². The van der Waals surface area contributed by atoms with Gasteiger partial charge in [-0.1, -0.05) is 91.0 Å². The number of benzene rings is 6. The summed E-state index contributed by atoms with van der Waals surface area (Å²) in [7, 11) is 0. The number of fused-ring (bicyclic) bond motifs is 10. The second-order valence-electron chi connectivity index (χ2n) is 12.0. The lowest BCUT2D eigenvalue weighted by molar-refractivity contribution is 0.888. The van der Waals surface area contributed by atoms with Gasteiger partial charge >= 0.3 is 0 Å². The molecular weight excluding hydrogens is 565 g/mol. The van der Waals surface area contributed by atoms with Crippen molar-refractivity contribution in [3.8, 4) is 22.5 Å². The predicted octanol–water partition coefficient (Wildman–Crippen LogP) is 11.7. The maximum absolute atomic E-state index is 2.51. The van der Waals surface area contributed by atoms with E-state index in [0.717, 1.165) is 12.8 Å². The molecule has 0 aliphatic heterocycles. The van der Waals surface area contributed by atoms with Gasteiger partial charge in [-0.25, -0.2) is 0 Å². The zero-order valence-electron chi connectivity index (χ0n) is 24.6. The van der Waals surface area contributed by atoms with Gasteiger partial charge in [-0.15, -0.1) is 11.3 Å². The predicted molar refractivity (Wildman–Crippen MR) is 193 cm³/mol. The molecule has 0 unspecified atom stereocenters. The molecule has 0 N–H and O–H groups in total. The molecule has 6 aromatic carbocycles. The molecule has 0 saturated carbocycles. The summed E-state index contributed by atoms with van der Waals surface area (Å²) in [6.07, 6.45) is 6.83. The fourth-order valence-corrected chi connectivity index (χ4v) is 8.85. The standard InChI is InChI=1S/C42H28N2S/c1-2-10-29(11-3-1)43-36-15-7-4-12-31(36)35-26-28(20-24-38(35)43)27-18-21-30(22-19-27)44-37-16-8-5-14-34(37)41-39(44)25-23-33-32-13-6-9-17-40(32)45-42(33)41/h1-7,9-15,17-26H,8,16H2. The Kier molecular flexibility index (Phi) is 5.31. The molecule has 45 heavy (non-hydrogen) atoms. The van der Waals surface area contributed by atoms with Crippen molar-refractivity contribution in [2.24, 2.45) is 0 Å². The molecule has 0 fully saturated rings. The summed E-state index contributed by atoms with van der Waals surface area (Å²) in [5, 5.41) is 6.67. The minimum Gasteiger partial charge on any atom is -0.313 e. The van der Waals surface area contributed by atoms with Crippen molar-refractivity contribution in [2.75, 3.05) is 0 Å². The zero-order valence-corrected chi connectivity index (χ0v) is 25.4. The molecule has 1 aliphatic carbocycles. The van der Waals surface area contributed by atoms with Crippen LogP contribution in [-0.2, 0) is 6.42 Å². The van der Waals surface area contributed by atoms with E-state index in [1.807, 2.05) is 11.3 Å². The van der Waals surface area contributed by atoms with Crippen LogP contribution in [0, 0.1) is 0 Å². The molecule has 0 radical (unpaired) electrons. The number of thiophene rings is 1. The van der Waals surface area contributed by atoms with Gasteiger partial charge < -0.3 is 9.13 Å². The Morgan fingerprint density at radius 3 is 2.11 bits per heavy atom. The summed E-state index contributed by atoms with van der Waals surface area (Å²) in [5.41, 5.74) is 11.4. The molecule has 0 bridgehead atoms. The van der Waals surface area contributed by atoms with Crippen LogP contribution >= 0.6 is 11.3 Å². The largest absolute Gasteiger partial charge is 0.313 e. The monoisotopic (exact) mass is 592 g/mol. The molecule has 9 aromatic rings. The molecule has 0 amide bonds. The third kappa shape index (κ3) is 3.62. The fraction of sp³-hybridized carbons (Fsp3) is 0.0476. The lowest BCUT2D eigenvalue weighted by atomic mass is 10.0. The molecule has 0 atom stereocenters. The van der Waals surface area contributed by atoms with Gasteiger partial charge in [-0.3, -0.25) is 0 Å². The molecule has 0 spiro atoms. The number of allylic oxidation sites excluding steroid dienone is 1. The van der Waals surface area contributed by atoms with Crippen molar-refractivity contribution in [2.45, 2.75) is 12.8 Å². The first-order chi connectivity index (χ1) is 22.3. The maximum atomic E-state index is 2.51. The Bertz CT molecular complexity index is 2630. The van der Waals surface area contributed by atoms with Crippen LogP contribution in [-0.4, -0.2) is 9.13 Å². The van der Waals surface area contributed by atoms with E-state index in [4.69, 9.17) is 0 Å². The highest BCUT2D eigenvalue weighted by atomic mass is 32.1. The minimum absolute atomic E-state index is 1.05. The van der Waals surface area contributed by atoms with Crippen LogP contribution in [0.2, 0.25) is 0 Å². The number of nitrogens with zero attached hydrogens (tertiary/aromatic N) is 2. The van der Waals surface area contributed by atoms with E-state index in [1.54, 1.807) is 0 Å². The van der Waals surface area contributed by atoms with Crippen LogP contribution in [0.1, 0.15) is 17.7 Å². The Balaban J connectivity index is 1.12. The van der Waals surface area contributed by atoms with Gasteiger partial charge in [-0.2, -0.15) is 0 Å². The second-order valence-corrected chi connectivity index (χ2v) is 13.1. The first-order valence-electron chi connectivity index (χ1n) is 15.7. The van der Waals surface area contributed by atoms with Gasteiger partial charge in [0.2, 0.25) is 0 Å². The van der Waals surface area contributed by atoms with Gasteiger partial charge in [0.25, 0.3) is 0 Å². The van der Waals surface area contributed by atoms with E-state index in [0.29, 0.717) is 0 Å². The summed E-state index contributed by atoms with van der Waals surface area (Å²) in [4.78, 5) is 0. The second kappa shape index (κ2) is 9.56. The number of aromatic nitrogens is 2. The van der Waals surface area contributed by atoms with Crippen LogP contribution in [0.5, 0.6) is 0 Å². The van der Waals surface area contributed by atoms with Crippen LogP contribution in [0.3, 0.4) is 0 Å². The number of hydrogen-bond donors (Lipinski definition) is 0. The van der Waals surface area contributed by atoms with E-state index < -0.39 is 0 Å². The summed E-state index contributed by atoms with van der Waals surface area (Å²) >= 11 is 1.93. The molecular formula is C42H28N2S. The number of hydrogen-bond acceptors (Lipinski definition) is 1. The Labute approximate surface area is 264 Å². The van der Waals surface area contributed by atoms with Crippen molar-refractivity contribution in [3.05, 3.63) is 151 Å². The highest BCUT2D eigenvalue weighted by molar-refractivity contribution is 7.26. The molecule has 212 valence electrons. The normalized spacial score (nSPS) is 13.1. The number of para-hydroxylation sites is 2. The molecule has 3 heterocycles. The molecule has 10 rings (SSSR count). The fourth-order valence-electron chi connectivity index (χ4n) is 7.59. The van der Waals surface area contributed by atoms with Gasteiger partial charge in [-0.05, 0) is 78.6 Å². The molecule has 3 aromatic heterocycles. The van der Waals surface area contributed by atoms with Crippen molar-refractivity contribution in [1.29, 1.82) is 0 Å². The third-order valence-electron chi connectivity index (χ3n) is 9.59. The molecule has 1 aliphatic rings. The van der Waals surface area contributed by atoms with E-state index in [2.05, 4.69) is 155 Å². The first-order valence-corrected chi connectivity index (χ1v) is 16.5. The van der Waals surface area contributed by atoms with E-state index >= 15 is 0 Å². The first kappa shape index (κ1) is 25.0. The van der Waals surface area contributed by atoms with Crippen LogP contribution in [0.4, 0.5) is 0 Å². The van der Waals surface area contributed by atoms with Gasteiger partial charge in [0.15, 0.2) is 0 Å². The number of rotatable bonds is 3. The summed E-state index contributed by atoms with van der Waals surface area (Å²) < 4.78 is 7.64. The Morgan fingerprint density at radius 1 is 0.511 bits per heavy atom. The van der Waals surface area contributed by atoms with Crippen molar-refractivity contribution >= 4 is 70.3 Å². The Hall–Kier alpha value is -5.38. The van der Waals surface area contributed by atoms with E-state index in [1.165, 1.54) is 86.6 Å². The molecule has 0 saturated heterocycles. The van der Waals surface area contributed by atoms with Crippen molar-refractivity contribution in [3.63, 3.8) is 0 Å². The third-order valence-corrected chi connectivity index (χ3v) is 10.8. The maximum Gasteiger partial charge on any atom is 0.0552 e. The molecule has 3 heteroatoms. The van der Waals surface area contributed by atoms with Crippen LogP contribution < -0.4 is 0 Å². The quantitative estimate of drug-likeness (QED) is 0.193. The SMILES string of the molecule is C1=Cc2c(n(-c3ccc(-c4ccc5c(c4)c4ccccc4n5-c4ccccc4)cc3)c3ccc4c5ccccc5sc4c23)CC1. The van der Waals surface area contributed by atoms with Crippen LogP contribution in [0.15, 0.2) is 140 Å². The highest BCUT2D eigenvalue weighted by Gasteiger charge is 2.22. The smallest absolute Gasteiger partial charge is 0.0552 e. The lowest BCUT2D eigenvalue weighted by Gasteiger charge is -2.14. The lowest BCUT2D eigenvalue weighted by Crippen LogP contribution is -2.02. The average Bonchev–Trinajstić information content (AvgIpc) is 3.76. The van der Waals surface area contributed by atoms with Gasteiger partial charge in [0, 0.05) is 59.0 Å². The summed E-state index contributed by atoms with van der Waals surface area (Å²) in [5.74, 6) is 0. The van der Waals surface area contributed by atoms with Crippen molar-refractivity contribution in [1.82, 2.24) is 9.13 Å². The Morgan fingerprint density at radius 2 is 1.22 bits per heavy atom. The summed E-state index contributed by atoms with van der Waals surface area (Å²) in [6.45, 7) is 0. The molecule has 2 nitrogen and oxygen atoms in total.